The third-order valence-electron chi connectivity index (χ3n) is 3.36. The minimum Gasteiger partial charge on any atom is -0.443 e. The third-order valence-corrected chi connectivity index (χ3v) is 3.36. The van der Waals surface area contributed by atoms with E-state index >= 15 is 0 Å². The van der Waals surface area contributed by atoms with Gasteiger partial charge in [-0.3, -0.25) is 5.43 Å². The number of nitrogens with one attached hydrogen (secondary N) is 3. The van der Waals surface area contributed by atoms with Gasteiger partial charge in [0.05, 0.1) is 0 Å². The number of carbonyl (C=O) groups is 1. The average molecular weight is 339 g/mol. The summed E-state index contributed by atoms with van der Waals surface area (Å²) >= 11 is 0. The van der Waals surface area contributed by atoms with E-state index in [4.69, 9.17) is 4.74 Å². The fourth-order valence-corrected chi connectivity index (χ4v) is 2.36. The molecule has 3 aromatic rings. The quantitative estimate of drug-likeness (QED) is 0.632. The molecule has 1 amide bonds. The SMILES string of the molecule is Cc1cccc(-c2nc3[nH]ccc3nc2NNC(=O)OC(C)(C)C)c1. The van der Waals surface area contributed by atoms with E-state index in [1.807, 2.05) is 37.3 Å². The predicted molar refractivity (Wildman–Crippen MR) is 97.1 cm³/mol. The lowest BCUT2D eigenvalue weighted by atomic mass is 10.1. The number of ether oxygens (including phenoxy) is 1. The van der Waals surface area contributed by atoms with Crippen molar-refractivity contribution in [2.75, 3.05) is 5.43 Å². The molecule has 0 aliphatic rings. The number of aromatic amines is 1. The molecule has 0 fully saturated rings. The Bertz CT molecular complexity index is 911. The average Bonchev–Trinajstić information content (AvgIpc) is 2.97. The summed E-state index contributed by atoms with van der Waals surface area (Å²) in [7, 11) is 0. The summed E-state index contributed by atoms with van der Waals surface area (Å²) in [5.74, 6) is 0.448. The molecule has 0 spiro atoms. The lowest BCUT2D eigenvalue weighted by Gasteiger charge is -2.20. The number of aromatic nitrogens is 3. The predicted octanol–water partition coefficient (Wildman–Crippen LogP) is 3.78. The Balaban J connectivity index is 1.93. The van der Waals surface area contributed by atoms with Crippen molar-refractivity contribution in [3.05, 3.63) is 42.1 Å². The number of hydrazine groups is 1. The van der Waals surface area contributed by atoms with E-state index in [0.717, 1.165) is 11.1 Å². The molecule has 1 aromatic carbocycles. The first-order chi connectivity index (χ1) is 11.8. The molecule has 2 aromatic heterocycles. The van der Waals surface area contributed by atoms with Crippen LogP contribution >= 0.6 is 0 Å². The Hall–Kier alpha value is -3.09. The number of benzene rings is 1. The molecular weight excluding hydrogens is 318 g/mol. The van der Waals surface area contributed by atoms with Crippen LogP contribution in [0, 0.1) is 6.92 Å². The normalized spacial score (nSPS) is 11.4. The van der Waals surface area contributed by atoms with Crippen molar-refractivity contribution in [3.63, 3.8) is 0 Å². The van der Waals surface area contributed by atoms with Gasteiger partial charge in [-0.2, -0.15) is 0 Å². The zero-order valence-electron chi connectivity index (χ0n) is 14.7. The van der Waals surface area contributed by atoms with Crippen LogP contribution in [0.4, 0.5) is 10.6 Å². The lowest BCUT2D eigenvalue weighted by molar-refractivity contribution is 0.0541. The lowest BCUT2D eigenvalue weighted by Crippen LogP contribution is -2.36. The van der Waals surface area contributed by atoms with Gasteiger partial charge in [-0.05, 0) is 39.8 Å². The number of anilines is 1. The van der Waals surface area contributed by atoms with Gasteiger partial charge in [-0.1, -0.05) is 23.8 Å². The molecule has 0 atom stereocenters. The molecule has 3 rings (SSSR count). The molecule has 0 radical (unpaired) electrons. The first kappa shape index (κ1) is 16.8. The zero-order chi connectivity index (χ0) is 18.0. The number of rotatable bonds is 3. The van der Waals surface area contributed by atoms with Gasteiger partial charge < -0.3 is 9.72 Å². The highest BCUT2D eigenvalue weighted by Crippen LogP contribution is 2.26. The van der Waals surface area contributed by atoms with Gasteiger partial charge in [0.15, 0.2) is 11.5 Å². The molecule has 0 unspecified atom stereocenters. The summed E-state index contributed by atoms with van der Waals surface area (Å²) in [5, 5.41) is 0. The van der Waals surface area contributed by atoms with Gasteiger partial charge in [0.2, 0.25) is 0 Å². The standard InChI is InChI=1S/C18H21N5O2/c1-11-6-5-7-12(10-11)14-16(20-13-8-9-19-15(13)21-14)22-23-17(24)25-18(2,3)4/h5-10H,1-4H3,(H,19,21)(H,20,22)(H,23,24). The Morgan fingerprint density at radius 3 is 2.72 bits per heavy atom. The van der Waals surface area contributed by atoms with Crippen LogP contribution in [-0.4, -0.2) is 26.6 Å². The van der Waals surface area contributed by atoms with Crippen LogP contribution in [0.5, 0.6) is 0 Å². The molecule has 7 nitrogen and oxygen atoms in total. The molecule has 2 heterocycles. The molecule has 0 aliphatic heterocycles. The van der Waals surface area contributed by atoms with E-state index in [0.29, 0.717) is 22.7 Å². The van der Waals surface area contributed by atoms with Crippen LogP contribution < -0.4 is 10.9 Å². The Labute approximate surface area is 145 Å². The smallest absolute Gasteiger partial charge is 0.426 e. The van der Waals surface area contributed by atoms with E-state index in [2.05, 4.69) is 25.8 Å². The van der Waals surface area contributed by atoms with Gasteiger partial charge in [0.1, 0.15) is 16.8 Å². The topological polar surface area (TPSA) is 91.9 Å². The molecule has 0 aliphatic carbocycles. The van der Waals surface area contributed by atoms with Crippen LogP contribution in [0.3, 0.4) is 0 Å². The number of H-pyrrole nitrogens is 1. The largest absolute Gasteiger partial charge is 0.443 e. The van der Waals surface area contributed by atoms with Gasteiger partial charge in [0, 0.05) is 11.8 Å². The zero-order valence-corrected chi connectivity index (χ0v) is 14.7. The van der Waals surface area contributed by atoms with E-state index in [-0.39, 0.29) is 0 Å². The van der Waals surface area contributed by atoms with E-state index in [9.17, 15) is 4.79 Å². The molecule has 130 valence electrons. The molecule has 3 N–H and O–H groups in total. The van der Waals surface area contributed by atoms with Crippen molar-refractivity contribution in [2.24, 2.45) is 0 Å². The van der Waals surface area contributed by atoms with Crippen LogP contribution in [-0.2, 0) is 4.74 Å². The number of carbonyl (C=O) groups excluding carboxylic acids is 1. The molecule has 25 heavy (non-hydrogen) atoms. The van der Waals surface area contributed by atoms with Crippen LogP contribution in [0.15, 0.2) is 36.5 Å². The van der Waals surface area contributed by atoms with Crippen LogP contribution in [0.2, 0.25) is 0 Å². The maximum atomic E-state index is 11.9. The molecule has 7 heteroatoms. The highest BCUT2D eigenvalue weighted by atomic mass is 16.6. The fraction of sp³-hybridized carbons (Fsp3) is 0.278. The van der Waals surface area contributed by atoms with Gasteiger partial charge in [-0.25, -0.2) is 20.2 Å². The van der Waals surface area contributed by atoms with E-state index in [1.165, 1.54) is 0 Å². The highest BCUT2D eigenvalue weighted by molar-refractivity contribution is 5.82. The second kappa shape index (κ2) is 6.43. The van der Waals surface area contributed by atoms with Crippen molar-refractivity contribution in [2.45, 2.75) is 33.3 Å². The number of fused-ring (bicyclic) bond motifs is 1. The summed E-state index contributed by atoms with van der Waals surface area (Å²) in [4.78, 5) is 24.1. The van der Waals surface area contributed by atoms with Gasteiger partial charge >= 0.3 is 6.09 Å². The Morgan fingerprint density at radius 2 is 2.00 bits per heavy atom. The van der Waals surface area contributed by atoms with Crippen molar-refractivity contribution in [1.29, 1.82) is 0 Å². The number of amides is 1. The van der Waals surface area contributed by atoms with E-state index < -0.39 is 11.7 Å². The van der Waals surface area contributed by atoms with Crippen LogP contribution in [0.25, 0.3) is 22.4 Å². The van der Waals surface area contributed by atoms with E-state index in [1.54, 1.807) is 27.0 Å². The number of aryl methyl sites for hydroxylation is 1. The van der Waals surface area contributed by atoms with Gasteiger partial charge in [0.25, 0.3) is 0 Å². The molecular formula is C18H21N5O2. The summed E-state index contributed by atoms with van der Waals surface area (Å²) in [6.45, 7) is 7.42. The van der Waals surface area contributed by atoms with Crippen molar-refractivity contribution in [3.8, 4) is 11.3 Å². The number of hydrogen-bond acceptors (Lipinski definition) is 5. The first-order valence-corrected chi connectivity index (χ1v) is 7.99. The fourth-order valence-electron chi connectivity index (χ4n) is 2.36. The molecule has 0 saturated carbocycles. The maximum Gasteiger partial charge on any atom is 0.426 e. The monoisotopic (exact) mass is 339 g/mol. The van der Waals surface area contributed by atoms with Gasteiger partial charge in [-0.15, -0.1) is 0 Å². The third kappa shape index (κ3) is 4.06. The minimum absolute atomic E-state index is 0.448. The van der Waals surface area contributed by atoms with Crippen molar-refractivity contribution in [1.82, 2.24) is 20.4 Å². The Kier molecular flexibility index (Phi) is 4.31. The Morgan fingerprint density at radius 1 is 1.20 bits per heavy atom. The summed E-state index contributed by atoms with van der Waals surface area (Å²) in [6.07, 6.45) is 1.19. The number of hydrogen-bond donors (Lipinski definition) is 3. The summed E-state index contributed by atoms with van der Waals surface area (Å²) < 4.78 is 5.23. The summed E-state index contributed by atoms with van der Waals surface area (Å²) in [5.41, 5.74) is 8.78. The minimum atomic E-state index is -0.585. The molecule has 0 bridgehead atoms. The second-order valence-corrected chi connectivity index (χ2v) is 6.75. The van der Waals surface area contributed by atoms with Crippen molar-refractivity contribution >= 4 is 23.1 Å². The maximum absolute atomic E-state index is 11.9. The first-order valence-electron chi connectivity index (χ1n) is 7.99. The number of nitrogens with zero attached hydrogens (tertiary/aromatic N) is 2. The summed E-state index contributed by atoms with van der Waals surface area (Å²) in [6, 6.07) is 9.75. The highest BCUT2D eigenvalue weighted by Gasteiger charge is 2.17. The van der Waals surface area contributed by atoms with Crippen LogP contribution in [0.1, 0.15) is 26.3 Å². The molecule has 0 saturated heterocycles. The van der Waals surface area contributed by atoms with Crippen molar-refractivity contribution < 1.29 is 9.53 Å². The second-order valence-electron chi connectivity index (χ2n) is 6.75.